The van der Waals surface area contributed by atoms with Crippen LogP contribution in [0.2, 0.25) is 0 Å². The molecule has 0 saturated heterocycles. The first-order chi connectivity index (χ1) is 14.6. The number of aryl methyl sites for hydroxylation is 1. The van der Waals surface area contributed by atoms with Gasteiger partial charge in [-0.2, -0.15) is 0 Å². The largest absolute Gasteiger partial charge is 0.356 e. The molecule has 9 heteroatoms. The van der Waals surface area contributed by atoms with Crippen LogP contribution in [0.3, 0.4) is 0 Å². The fourth-order valence-electron chi connectivity index (χ4n) is 3.44. The third-order valence-corrected chi connectivity index (χ3v) is 6.00. The summed E-state index contributed by atoms with van der Waals surface area (Å²) < 4.78 is 2.89. The maximum Gasteiger partial charge on any atom is 0.350 e. The van der Waals surface area contributed by atoms with Gasteiger partial charge in [0.1, 0.15) is 0 Å². The van der Waals surface area contributed by atoms with Gasteiger partial charge in [-0.25, -0.2) is 9.48 Å². The van der Waals surface area contributed by atoms with E-state index in [1.54, 1.807) is 35.0 Å². The first-order valence-electron chi connectivity index (χ1n) is 9.96. The Morgan fingerprint density at radius 3 is 2.80 bits per heavy atom. The van der Waals surface area contributed by atoms with Crippen molar-refractivity contribution in [3.8, 4) is 0 Å². The molecule has 3 aromatic rings. The van der Waals surface area contributed by atoms with Gasteiger partial charge in [0.2, 0.25) is 11.8 Å². The van der Waals surface area contributed by atoms with E-state index >= 15 is 0 Å². The fourth-order valence-corrected chi connectivity index (χ4v) is 4.44. The monoisotopic (exact) mass is 425 g/mol. The van der Waals surface area contributed by atoms with Crippen molar-refractivity contribution in [1.82, 2.24) is 19.5 Å². The van der Waals surface area contributed by atoms with Crippen molar-refractivity contribution in [3.05, 3.63) is 59.1 Å². The van der Waals surface area contributed by atoms with Crippen LogP contribution in [0.5, 0.6) is 0 Å². The lowest BCUT2D eigenvalue weighted by Crippen LogP contribution is -2.36. The standard InChI is InChI=1S/C21H23N5O3S/c27-19(9-10-20(28)24-14-15-30-17-7-2-1-6-16(17)24)22-11-5-13-26-21(29)25-12-4-3-8-18(25)23-26/h1-4,6-8,12H,5,9-11,13-15H2,(H,22,27). The number of para-hydroxylation sites is 1. The number of nitrogens with zero attached hydrogens (tertiary/aromatic N) is 4. The lowest BCUT2D eigenvalue weighted by atomic mass is 10.2. The third kappa shape index (κ3) is 4.40. The number of carbonyl (C=O) groups is 2. The SMILES string of the molecule is O=C(CCC(=O)N1CCSc2ccccc21)NCCCn1nc2ccccn2c1=O. The van der Waals surface area contributed by atoms with Gasteiger partial charge in [0.25, 0.3) is 0 Å². The van der Waals surface area contributed by atoms with Gasteiger partial charge in [0, 0.05) is 49.3 Å². The molecule has 1 N–H and O–H groups in total. The number of amides is 2. The van der Waals surface area contributed by atoms with E-state index in [9.17, 15) is 14.4 Å². The third-order valence-electron chi connectivity index (χ3n) is 4.95. The summed E-state index contributed by atoms with van der Waals surface area (Å²) in [6.07, 6.45) is 2.59. The molecule has 1 aliphatic heterocycles. The van der Waals surface area contributed by atoms with Crippen LogP contribution in [0.25, 0.3) is 5.65 Å². The molecular weight excluding hydrogens is 402 g/mol. The second-order valence-corrected chi connectivity index (χ2v) is 8.14. The van der Waals surface area contributed by atoms with Crippen molar-refractivity contribution in [2.75, 3.05) is 23.7 Å². The molecule has 1 aromatic carbocycles. The number of benzene rings is 1. The zero-order valence-electron chi connectivity index (χ0n) is 16.5. The number of aromatic nitrogens is 3. The number of hydrogen-bond acceptors (Lipinski definition) is 5. The number of thioether (sulfide) groups is 1. The van der Waals surface area contributed by atoms with Gasteiger partial charge >= 0.3 is 5.69 Å². The molecule has 0 bridgehead atoms. The van der Waals surface area contributed by atoms with E-state index in [4.69, 9.17) is 0 Å². The first-order valence-corrected chi connectivity index (χ1v) is 10.9. The average molecular weight is 426 g/mol. The summed E-state index contributed by atoms with van der Waals surface area (Å²) in [5, 5.41) is 7.08. The van der Waals surface area contributed by atoms with E-state index in [0.717, 1.165) is 16.3 Å². The number of anilines is 1. The molecule has 0 unspecified atom stereocenters. The predicted octanol–water partition coefficient (Wildman–Crippen LogP) is 1.92. The Kier molecular flexibility index (Phi) is 6.18. The minimum absolute atomic E-state index is 0.0332. The van der Waals surface area contributed by atoms with Crippen LogP contribution in [-0.4, -0.2) is 44.8 Å². The molecule has 2 aromatic heterocycles. The Morgan fingerprint density at radius 1 is 1.10 bits per heavy atom. The number of hydrogen-bond donors (Lipinski definition) is 1. The summed E-state index contributed by atoms with van der Waals surface area (Å²) in [4.78, 5) is 39.8. The van der Waals surface area contributed by atoms with Gasteiger partial charge in [-0.15, -0.1) is 16.9 Å². The summed E-state index contributed by atoms with van der Waals surface area (Å²) in [6, 6.07) is 13.2. The van der Waals surface area contributed by atoms with Gasteiger partial charge in [-0.1, -0.05) is 18.2 Å². The first kappa shape index (κ1) is 20.2. The molecule has 0 radical (unpaired) electrons. The van der Waals surface area contributed by atoms with E-state index in [1.807, 2.05) is 30.3 Å². The van der Waals surface area contributed by atoms with Crippen LogP contribution in [0.1, 0.15) is 19.3 Å². The Morgan fingerprint density at radius 2 is 1.93 bits per heavy atom. The second-order valence-electron chi connectivity index (χ2n) is 7.00. The molecule has 0 fully saturated rings. The van der Waals surface area contributed by atoms with Crippen molar-refractivity contribution < 1.29 is 9.59 Å². The number of carbonyl (C=O) groups excluding carboxylic acids is 2. The van der Waals surface area contributed by atoms with Crippen LogP contribution in [0, 0.1) is 0 Å². The maximum atomic E-state index is 12.6. The Balaban J connectivity index is 1.21. The molecule has 1 aliphatic rings. The molecule has 0 spiro atoms. The van der Waals surface area contributed by atoms with Crippen LogP contribution in [0.4, 0.5) is 5.69 Å². The van der Waals surface area contributed by atoms with Crippen molar-refractivity contribution in [1.29, 1.82) is 0 Å². The molecule has 0 atom stereocenters. The number of nitrogens with one attached hydrogen (secondary N) is 1. The van der Waals surface area contributed by atoms with Crippen LogP contribution < -0.4 is 15.9 Å². The van der Waals surface area contributed by atoms with E-state index < -0.39 is 0 Å². The highest BCUT2D eigenvalue weighted by Gasteiger charge is 2.22. The molecule has 3 heterocycles. The highest BCUT2D eigenvalue weighted by molar-refractivity contribution is 7.99. The normalized spacial score (nSPS) is 13.3. The molecule has 156 valence electrons. The van der Waals surface area contributed by atoms with Gasteiger partial charge in [0.15, 0.2) is 5.65 Å². The van der Waals surface area contributed by atoms with Crippen molar-refractivity contribution in [2.24, 2.45) is 0 Å². The summed E-state index contributed by atoms with van der Waals surface area (Å²) >= 11 is 1.74. The predicted molar refractivity (Wildman–Crippen MR) is 116 cm³/mol. The minimum Gasteiger partial charge on any atom is -0.356 e. The molecule has 30 heavy (non-hydrogen) atoms. The smallest absolute Gasteiger partial charge is 0.350 e. The molecule has 0 saturated carbocycles. The Bertz CT molecular complexity index is 1120. The van der Waals surface area contributed by atoms with Crippen LogP contribution >= 0.6 is 11.8 Å². The molecule has 8 nitrogen and oxygen atoms in total. The number of pyridine rings is 1. The van der Waals surface area contributed by atoms with Gasteiger partial charge in [-0.05, 0) is 30.7 Å². The Hall–Kier alpha value is -3.07. The second kappa shape index (κ2) is 9.17. The van der Waals surface area contributed by atoms with Crippen LogP contribution in [0.15, 0.2) is 58.4 Å². The number of fused-ring (bicyclic) bond motifs is 2. The zero-order chi connectivity index (χ0) is 20.9. The zero-order valence-corrected chi connectivity index (χ0v) is 17.3. The van der Waals surface area contributed by atoms with Gasteiger partial charge < -0.3 is 10.2 Å². The Labute approximate surface area is 177 Å². The molecule has 4 rings (SSSR count). The van der Waals surface area contributed by atoms with Crippen molar-refractivity contribution >= 4 is 34.9 Å². The quantitative estimate of drug-likeness (QED) is 0.585. The van der Waals surface area contributed by atoms with Gasteiger partial charge in [-0.3, -0.25) is 14.0 Å². The fraction of sp³-hybridized carbons (Fsp3) is 0.333. The molecule has 2 amide bonds. The minimum atomic E-state index is -0.192. The molecule has 0 aliphatic carbocycles. The highest BCUT2D eigenvalue weighted by Crippen LogP contribution is 2.34. The average Bonchev–Trinajstić information content (AvgIpc) is 3.10. The van der Waals surface area contributed by atoms with Crippen molar-refractivity contribution in [2.45, 2.75) is 30.7 Å². The highest BCUT2D eigenvalue weighted by atomic mass is 32.2. The molecular formula is C21H23N5O3S. The van der Waals surface area contributed by atoms with Crippen molar-refractivity contribution in [3.63, 3.8) is 0 Å². The van der Waals surface area contributed by atoms with E-state index in [2.05, 4.69) is 10.4 Å². The maximum absolute atomic E-state index is 12.6. The summed E-state index contributed by atoms with van der Waals surface area (Å²) in [5.74, 6) is 0.664. The topological polar surface area (TPSA) is 88.7 Å². The lowest BCUT2D eigenvalue weighted by Gasteiger charge is -2.29. The van der Waals surface area contributed by atoms with E-state index in [-0.39, 0.29) is 30.3 Å². The summed E-state index contributed by atoms with van der Waals surface area (Å²) in [6.45, 7) is 1.51. The van der Waals surface area contributed by atoms with E-state index in [0.29, 0.717) is 31.7 Å². The number of rotatable bonds is 7. The van der Waals surface area contributed by atoms with Gasteiger partial charge in [0.05, 0.1) is 5.69 Å². The lowest BCUT2D eigenvalue weighted by molar-refractivity contribution is -0.125. The summed E-state index contributed by atoms with van der Waals surface area (Å²) in [7, 11) is 0. The summed E-state index contributed by atoms with van der Waals surface area (Å²) in [5.41, 5.74) is 1.34. The van der Waals surface area contributed by atoms with E-state index in [1.165, 1.54) is 9.08 Å². The van der Waals surface area contributed by atoms with Crippen LogP contribution in [-0.2, 0) is 16.1 Å².